The molecule has 0 aromatic carbocycles. The van der Waals surface area contributed by atoms with E-state index < -0.39 is 49.5 Å². The molecule has 0 aliphatic carbocycles. The Morgan fingerprint density at radius 3 is 1.26 bits per heavy atom. The van der Waals surface area contributed by atoms with E-state index in [1.165, 1.54) is 161 Å². The summed E-state index contributed by atoms with van der Waals surface area (Å²) in [4.78, 5) is 13.0. The maximum Gasteiger partial charge on any atom is 0.220 e. The largest absolute Gasteiger partial charge is 0.394 e. The normalized spacial score (nSPS) is 19.7. The topological polar surface area (TPSA) is 149 Å². The molecule has 1 fully saturated rings. The van der Waals surface area contributed by atoms with Gasteiger partial charge in [-0.05, 0) is 70.6 Å². The molecule has 0 spiro atoms. The minimum atomic E-state index is -1.57. The van der Waals surface area contributed by atoms with Crippen LogP contribution in [0.2, 0.25) is 0 Å². The van der Waals surface area contributed by atoms with Crippen LogP contribution in [0.5, 0.6) is 0 Å². The molecule has 0 aromatic rings. The van der Waals surface area contributed by atoms with Crippen molar-refractivity contribution in [1.82, 2.24) is 5.32 Å². The summed E-state index contributed by atoms with van der Waals surface area (Å²) in [5.74, 6) is -0.177. The maximum absolute atomic E-state index is 13.0. The van der Waals surface area contributed by atoms with E-state index in [2.05, 4.69) is 92.1 Å². The number of unbranched alkanes of at least 4 members (excludes halogenated alkanes) is 29. The first-order valence-corrected chi connectivity index (χ1v) is 30.3. The van der Waals surface area contributed by atoms with Crippen molar-refractivity contribution in [3.05, 3.63) is 85.1 Å². The fraction of sp³-hybridized carbons (Fsp3) is 0.766. The van der Waals surface area contributed by atoms with Crippen LogP contribution in [0.25, 0.3) is 0 Å². The van der Waals surface area contributed by atoms with Crippen LogP contribution in [-0.2, 0) is 14.3 Å². The molecule has 7 atom stereocenters. The molecule has 1 saturated heterocycles. The molecule has 0 bridgehead atoms. The van der Waals surface area contributed by atoms with Gasteiger partial charge in [-0.2, -0.15) is 0 Å². The summed E-state index contributed by atoms with van der Waals surface area (Å²) >= 11 is 0. The molecule has 1 rings (SSSR count). The lowest BCUT2D eigenvalue weighted by atomic mass is 9.99. The number of allylic oxidation sites excluding steroid dienone is 13. The van der Waals surface area contributed by atoms with Crippen molar-refractivity contribution in [2.75, 3.05) is 13.2 Å². The number of carbonyl (C=O) groups is 1. The van der Waals surface area contributed by atoms with Crippen LogP contribution in [0.1, 0.15) is 258 Å². The summed E-state index contributed by atoms with van der Waals surface area (Å²) in [7, 11) is 0. The smallest absolute Gasteiger partial charge is 0.220 e. The highest BCUT2D eigenvalue weighted by Crippen LogP contribution is 2.23. The number of carbonyl (C=O) groups excluding carboxylic acids is 1. The SMILES string of the molecule is CC/C=C\C/C=C\C/C=C\C/C=C\C/C=C\C/C=C\CCCCCCCCCCCCCCCCCCCCCCC(=O)NC(COC1OC(CO)C(O)C(O)C1O)C(O)/C=C/CCCCCCCCCCC. The average molecular weight is 1020 g/mol. The van der Waals surface area contributed by atoms with Crippen molar-refractivity contribution in [3.63, 3.8) is 0 Å². The molecule has 9 nitrogen and oxygen atoms in total. The molecule has 422 valence electrons. The summed E-state index contributed by atoms with van der Waals surface area (Å²) < 4.78 is 11.2. The summed E-state index contributed by atoms with van der Waals surface area (Å²) in [6.07, 6.45) is 68.2. The average Bonchev–Trinajstić information content (AvgIpc) is 3.39. The zero-order valence-electron chi connectivity index (χ0n) is 46.9. The van der Waals surface area contributed by atoms with Crippen molar-refractivity contribution in [2.24, 2.45) is 0 Å². The molecular formula is C64H113NO8. The number of nitrogens with one attached hydrogen (secondary N) is 1. The van der Waals surface area contributed by atoms with Gasteiger partial charge in [0, 0.05) is 6.42 Å². The first-order valence-electron chi connectivity index (χ1n) is 30.3. The standard InChI is InChI=1S/C64H113NO8/c1-3-5-7-9-11-13-15-16-17-18-19-20-21-22-23-24-25-26-27-28-29-30-31-32-33-34-35-36-37-38-39-40-41-42-44-46-48-50-52-54-60(68)65-57(56-72-64-63(71)62(70)61(69)59(55-66)73-64)58(67)53-51-49-47-45-43-14-12-10-8-6-4-2/h5,7,11,13,16-17,19-20,22-23,25-26,51,53,57-59,61-64,66-67,69-71H,3-4,6,8-10,12,14-15,18,21,24,27-50,52,54-56H2,1-2H3,(H,65,68)/b7-5-,13-11-,17-16-,20-19-,23-22-,26-25-,53-51+. The number of rotatable bonds is 51. The van der Waals surface area contributed by atoms with Gasteiger partial charge < -0.3 is 40.3 Å². The van der Waals surface area contributed by atoms with Gasteiger partial charge in [0.05, 0.1) is 25.4 Å². The number of ether oxygens (including phenoxy) is 2. The maximum atomic E-state index is 13.0. The van der Waals surface area contributed by atoms with Crippen molar-refractivity contribution in [2.45, 2.75) is 301 Å². The monoisotopic (exact) mass is 1020 g/mol. The number of hydrogen-bond acceptors (Lipinski definition) is 8. The predicted molar refractivity (Wildman–Crippen MR) is 308 cm³/mol. The predicted octanol–water partition coefficient (Wildman–Crippen LogP) is 15.4. The molecule has 0 aromatic heterocycles. The summed E-state index contributed by atoms with van der Waals surface area (Å²) in [5, 5.41) is 54.3. The van der Waals surface area contributed by atoms with E-state index >= 15 is 0 Å². The highest BCUT2D eigenvalue weighted by molar-refractivity contribution is 5.76. The van der Waals surface area contributed by atoms with Gasteiger partial charge in [0.1, 0.15) is 24.4 Å². The van der Waals surface area contributed by atoms with Crippen LogP contribution in [0, 0.1) is 0 Å². The van der Waals surface area contributed by atoms with Gasteiger partial charge in [-0.25, -0.2) is 0 Å². The Morgan fingerprint density at radius 2 is 0.849 bits per heavy atom. The second-order valence-electron chi connectivity index (χ2n) is 20.8. The number of hydrogen-bond donors (Lipinski definition) is 6. The van der Waals surface area contributed by atoms with Crippen molar-refractivity contribution in [1.29, 1.82) is 0 Å². The Balaban J connectivity index is 2.05. The molecule has 0 radical (unpaired) electrons. The number of aliphatic hydroxyl groups excluding tert-OH is 5. The Kier molecular flexibility index (Phi) is 49.5. The summed E-state index contributed by atoms with van der Waals surface area (Å²) in [6, 6.07) is -0.805. The van der Waals surface area contributed by atoms with Crippen LogP contribution in [0.15, 0.2) is 85.1 Å². The Labute approximate surface area is 448 Å². The third-order valence-corrected chi connectivity index (χ3v) is 14.0. The van der Waals surface area contributed by atoms with Crippen molar-refractivity contribution >= 4 is 5.91 Å². The molecule has 73 heavy (non-hydrogen) atoms. The zero-order chi connectivity index (χ0) is 52.9. The summed E-state index contributed by atoms with van der Waals surface area (Å²) in [5.41, 5.74) is 0. The van der Waals surface area contributed by atoms with E-state index in [9.17, 15) is 30.3 Å². The molecule has 1 aliphatic heterocycles. The van der Waals surface area contributed by atoms with Crippen LogP contribution in [0.3, 0.4) is 0 Å². The second kappa shape index (κ2) is 52.8. The minimum Gasteiger partial charge on any atom is -0.394 e. The van der Waals surface area contributed by atoms with Gasteiger partial charge in [-0.3, -0.25) is 4.79 Å². The fourth-order valence-electron chi connectivity index (χ4n) is 9.22. The fourth-order valence-corrected chi connectivity index (χ4v) is 9.22. The van der Waals surface area contributed by atoms with E-state index in [-0.39, 0.29) is 12.5 Å². The van der Waals surface area contributed by atoms with E-state index in [4.69, 9.17) is 9.47 Å². The third-order valence-electron chi connectivity index (χ3n) is 14.0. The van der Waals surface area contributed by atoms with E-state index in [1.807, 2.05) is 6.08 Å². The van der Waals surface area contributed by atoms with Crippen molar-refractivity contribution in [3.8, 4) is 0 Å². The first kappa shape index (κ1) is 68.4. The quantitative estimate of drug-likeness (QED) is 0.0261. The van der Waals surface area contributed by atoms with Gasteiger partial charge >= 0.3 is 0 Å². The summed E-state index contributed by atoms with van der Waals surface area (Å²) in [6.45, 7) is 3.65. The minimum absolute atomic E-state index is 0.177. The molecule has 1 heterocycles. The van der Waals surface area contributed by atoms with E-state index in [0.717, 1.165) is 77.0 Å². The van der Waals surface area contributed by atoms with E-state index in [0.29, 0.717) is 6.42 Å². The number of aliphatic hydroxyl groups is 5. The van der Waals surface area contributed by atoms with Gasteiger partial charge in [0.15, 0.2) is 6.29 Å². The third kappa shape index (κ3) is 42.2. The zero-order valence-corrected chi connectivity index (χ0v) is 46.9. The van der Waals surface area contributed by atoms with Gasteiger partial charge in [0.2, 0.25) is 5.91 Å². The molecule has 0 saturated carbocycles. The molecule has 9 heteroatoms. The lowest BCUT2D eigenvalue weighted by Crippen LogP contribution is -2.60. The Morgan fingerprint density at radius 1 is 0.479 bits per heavy atom. The highest BCUT2D eigenvalue weighted by atomic mass is 16.7. The lowest BCUT2D eigenvalue weighted by Gasteiger charge is -2.40. The van der Waals surface area contributed by atoms with Crippen LogP contribution in [-0.4, -0.2) is 87.5 Å². The molecule has 1 aliphatic rings. The number of amides is 1. The van der Waals surface area contributed by atoms with Gasteiger partial charge in [0.25, 0.3) is 0 Å². The van der Waals surface area contributed by atoms with Crippen LogP contribution in [0.4, 0.5) is 0 Å². The Hall–Kier alpha value is -2.63. The van der Waals surface area contributed by atoms with E-state index in [1.54, 1.807) is 6.08 Å². The molecule has 7 unspecified atom stereocenters. The van der Waals surface area contributed by atoms with Crippen LogP contribution >= 0.6 is 0 Å². The van der Waals surface area contributed by atoms with Crippen molar-refractivity contribution < 1.29 is 39.8 Å². The molecule has 6 N–H and O–H groups in total. The Bertz CT molecular complexity index is 1420. The highest BCUT2D eigenvalue weighted by Gasteiger charge is 2.44. The molecule has 1 amide bonds. The first-order chi connectivity index (χ1) is 35.8. The van der Waals surface area contributed by atoms with Gasteiger partial charge in [-0.1, -0.05) is 266 Å². The second-order valence-corrected chi connectivity index (χ2v) is 20.8. The van der Waals surface area contributed by atoms with Crippen LogP contribution < -0.4 is 5.32 Å². The van der Waals surface area contributed by atoms with Gasteiger partial charge in [-0.15, -0.1) is 0 Å². The molecular weight excluding hydrogens is 911 g/mol. The lowest BCUT2D eigenvalue weighted by molar-refractivity contribution is -0.302.